The number of guanidine groups is 1. The first-order valence-electron chi connectivity index (χ1n) is 8.84. The van der Waals surface area contributed by atoms with Crippen LogP contribution < -0.4 is 10.6 Å². The number of nitrogens with zero attached hydrogens (tertiary/aromatic N) is 2. The molecule has 1 heterocycles. The summed E-state index contributed by atoms with van der Waals surface area (Å²) in [6, 6.07) is 6.87. The van der Waals surface area contributed by atoms with Gasteiger partial charge in [-0.1, -0.05) is 30.7 Å². The van der Waals surface area contributed by atoms with Gasteiger partial charge in [0, 0.05) is 39.1 Å². The Morgan fingerprint density at radius 2 is 2.17 bits per heavy atom. The number of carbonyl (C=O) groups excluding carboxylic acids is 1. The van der Waals surface area contributed by atoms with E-state index in [0.717, 1.165) is 38.4 Å². The van der Waals surface area contributed by atoms with Gasteiger partial charge >= 0.3 is 0 Å². The van der Waals surface area contributed by atoms with Crippen molar-refractivity contribution in [2.45, 2.75) is 46.1 Å². The van der Waals surface area contributed by atoms with Crippen molar-refractivity contribution in [3.63, 3.8) is 0 Å². The highest BCUT2D eigenvalue weighted by atomic mass is 16.2. The van der Waals surface area contributed by atoms with E-state index < -0.39 is 0 Å². The predicted octanol–water partition coefficient (Wildman–Crippen LogP) is 2.02. The number of amides is 1. The van der Waals surface area contributed by atoms with E-state index in [0.29, 0.717) is 6.42 Å². The Morgan fingerprint density at radius 1 is 1.38 bits per heavy atom. The van der Waals surface area contributed by atoms with Gasteiger partial charge < -0.3 is 15.5 Å². The molecule has 0 radical (unpaired) electrons. The second-order valence-corrected chi connectivity index (χ2v) is 6.50. The summed E-state index contributed by atoms with van der Waals surface area (Å²) in [4.78, 5) is 18.0. The highest BCUT2D eigenvalue weighted by Gasteiger charge is 2.25. The van der Waals surface area contributed by atoms with Crippen LogP contribution in [-0.2, 0) is 11.2 Å². The third kappa shape index (κ3) is 4.98. The number of rotatable bonds is 5. The average molecular weight is 330 g/mol. The summed E-state index contributed by atoms with van der Waals surface area (Å²) >= 11 is 0. The van der Waals surface area contributed by atoms with Crippen molar-refractivity contribution in [2.75, 3.05) is 26.7 Å². The fourth-order valence-electron chi connectivity index (χ4n) is 3.16. The number of carbonyl (C=O) groups is 1. The van der Waals surface area contributed by atoms with Crippen LogP contribution in [0.1, 0.15) is 36.5 Å². The maximum Gasteiger partial charge on any atom is 0.222 e. The molecule has 2 rings (SSSR count). The van der Waals surface area contributed by atoms with Crippen molar-refractivity contribution < 1.29 is 4.79 Å². The van der Waals surface area contributed by atoms with Gasteiger partial charge in [-0.3, -0.25) is 9.79 Å². The van der Waals surface area contributed by atoms with E-state index in [2.05, 4.69) is 47.7 Å². The maximum atomic E-state index is 11.8. The molecule has 1 unspecified atom stereocenters. The van der Waals surface area contributed by atoms with Crippen molar-refractivity contribution in [2.24, 2.45) is 4.99 Å². The number of likely N-dealkylation sites (tertiary alicyclic amines) is 1. The summed E-state index contributed by atoms with van der Waals surface area (Å²) in [6.07, 6.45) is 2.52. The Kier molecular flexibility index (Phi) is 6.64. The molecule has 5 heteroatoms. The summed E-state index contributed by atoms with van der Waals surface area (Å²) in [7, 11) is 1.79. The van der Waals surface area contributed by atoms with E-state index in [1.165, 1.54) is 16.7 Å². The zero-order valence-electron chi connectivity index (χ0n) is 15.4. The first-order valence-corrected chi connectivity index (χ1v) is 8.84. The van der Waals surface area contributed by atoms with Gasteiger partial charge in [-0.2, -0.15) is 0 Å². The molecule has 0 spiro atoms. The van der Waals surface area contributed by atoms with Crippen molar-refractivity contribution in [1.29, 1.82) is 0 Å². The molecule has 132 valence electrons. The normalized spacial score (nSPS) is 17.9. The number of aliphatic imine (C=N–C) groups is 1. The topological polar surface area (TPSA) is 56.7 Å². The molecule has 24 heavy (non-hydrogen) atoms. The minimum atomic E-state index is 0.233. The van der Waals surface area contributed by atoms with E-state index in [-0.39, 0.29) is 11.9 Å². The molecular weight excluding hydrogens is 300 g/mol. The zero-order valence-corrected chi connectivity index (χ0v) is 15.4. The molecule has 0 bridgehead atoms. The van der Waals surface area contributed by atoms with E-state index >= 15 is 0 Å². The molecule has 1 aromatic carbocycles. The van der Waals surface area contributed by atoms with Crippen LogP contribution in [0.25, 0.3) is 0 Å². The number of hydrogen-bond donors (Lipinski definition) is 2. The Labute approximate surface area is 145 Å². The molecule has 0 aromatic heterocycles. The highest BCUT2D eigenvalue weighted by molar-refractivity contribution is 5.80. The van der Waals surface area contributed by atoms with E-state index in [1.54, 1.807) is 7.05 Å². The maximum absolute atomic E-state index is 11.8. The van der Waals surface area contributed by atoms with Gasteiger partial charge in [0.25, 0.3) is 0 Å². The largest absolute Gasteiger partial charge is 0.356 e. The van der Waals surface area contributed by atoms with Crippen LogP contribution in [-0.4, -0.2) is 49.5 Å². The molecule has 1 aliphatic heterocycles. The Balaban J connectivity index is 1.78. The number of hydrogen-bond acceptors (Lipinski definition) is 2. The van der Waals surface area contributed by atoms with E-state index in [9.17, 15) is 4.79 Å². The fourth-order valence-corrected chi connectivity index (χ4v) is 3.16. The van der Waals surface area contributed by atoms with Crippen molar-refractivity contribution >= 4 is 11.9 Å². The van der Waals surface area contributed by atoms with Crippen LogP contribution in [0.3, 0.4) is 0 Å². The van der Waals surface area contributed by atoms with Crippen LogP contribution in [0.15, 0.2) is 23.2 Å². The smallest absolute Gasteiger partial charge is 0.222 e. The molecule has 1 atom stereocenters. The number of nitrogens with one attached hydrogen (secondary N) is 2. The number of benzene rings is 1. The van der Waals surface area contributed by atoms with Gasteiger partial charge in [0.1, 0.15) is 0 Å². The van der Waals surface area contributed by atoms with Gasteiger partial charge in [-0.25, -0.2) is 0 Å². The summed E-state index contributed by atoms with van der Waals surface area (Å²) in [6.45, 7) is 8.64. The first kappa shape index (κ1) is 18.3. The summed E-state index contributed by atoms with van der Waals surface area (Å²) in [5.41, 5.74) is 4.00. The average Bonchev–Trinajstić information content (AvgIpc) is 3.03. The molecular formula is C19H30N4O. The van der Waals surface area contributed by atoms with Crippen LogP contribution in [0.2, 0.25) is 0 Å². The Bertz CT molecular complexity index is 597. The minimum Gasteiger partial charge on any atom is -0.356 e. The molecule has 1 aliphatic rings. The lowest BCUT2D eigenvalue weighted by atomic mass is 10.0. The first-order chi connectivity index (χ1) is 11.5. The third-order valence-electron chi connectivity index (χ3n) is 4.59. The third-order valence-corrected chi connectivity index (χ3v) is 4.59. The lowest BCUT2D eigenvalue weighted by Gasteiger charge is -2.19. The predicted molar refractivity (Wildman–Crippen MR) is 99.4 cm³/mol. The molecule has 5 nitrogen and oxygen atoms in total. The summed E-state index contributed by atoms with van der Waals surface area (Å²) < 4.78 is 0. The molecule has 1 saturated heterocycles. The van der Waals surface area contributed by atoms with Gasteiger partial charge in [0.2, 0.25) is 5.91 Å². The molecule has 1 aromatic rings. The summed E-state index contributed by atoms with van der Waals surface area (Å²) in [5.74, 6) is 1.05. The van der Waals surface area contributed by atoms with Gasteiger partial charge in [0.15, 0.2) is 5.96 Å². The van der Waals surface area contributed by atoms with Crippen LogP contribution in [0.5, 0.6) is 0 Å². The standard InChI is InChI=1S/C19H30N4O/c1-5-18(24)23-11-9-17(13-23)22-19(20-4)21-10-8-16-7-6-14(2)12-15(16)3/h6-7,12,17H,5,8-11,13H2,1-4H3,(H2,20,21,22). The van der Waals surface area contributed by atoms with E-state index in [4.69, 9.17) is 0 Å². The van der Waals surface area contributed by atoms with Crippen molar-refractivity contribution in [3.8, 4) is 0 Å². The molecule has 2 N–H and O–H groups in total. The SMILES string of the molecule is CCC(=O)N1CCC(NC(=NC)NCCc2ccc(C)cc2C)C1. The summed E-state index contributed by atoms with van der Waals surface area (Å²) in [5, 5.41) is 6.81. The molecule has 0 saturated carbocycles. The molecule has 1 fully saturated rings. The minimum absolute atomic E-state index is 0.233. The fraction of sp³-hybridized carbons (Fsp3) is 0.579. The second-order valence-electron chi connectivity index (χ2n) is 6.50. The van der Waals surface area contributed by atoms with Crippen molar-refractivity contribution in [1.82, 2.24) is 15.5 Å². The lowest BCUT2D eigenvalue weighted by Crippen LogP contribution is -2.45. The Hall–Kier alpha value is -2.04. The van der Waals surface area contributed by atoms with Gasteiger partial charge in [0.05, 0.1) is 0 Å². The monoisotopic (exact) mass is 330 g/mol. The van der Waals surface area contributed by atoms with Crippen LogP contribution >= 0.6 is 0 Å². The Morgan fingerprint density at radius 3 is 2.83 bits per heavy atom. The highest BCUT2D eigenvalue weighted by Crippen LogP contribution is 2.11. The molecule has 0 aliphatic carbocycles. The second kappa shape index (κ2) is 8.71. The van der Waals surface area contributed by atoms with Crippen molar-refractivity contribution in [3.05, 3.63) is 34.9 Å². The van der Waals surface area contributed by atoms with Gasteiger partial charge in [-0.15, -0.1) is 0 Å². The quantitative estimate of drug-likeness (QED) is 0.641. The van der Waals surface area contributed by atoms with E-state index in [1.807, 2.05) is 11.8 Å². The number of aryl methyl sites for hydroxylation is 2. The zero-order chi connectivity index (χ0) is 17.5. The van der Waals surface area contributed by atoms with Gasteiger partial charge in [-0.05, 0) is 37.8 Å². The molecule has 1 amide bonds. The van der Waals surface area contributed by atoms with Crippen LogP contribution in [0.4, 0.5) is 0 Å². The van der Waals surface area contributed by atoms with Crippen LogP contribution in [0, 0.1) is 13.8 Å². The lowest BCUT2D eigenvalue weighted by molar-refractivity contribution is -0.129.